The Bertz CT molecular complexity index is 1210. The molecule has 0 saturated heterocycles. The van der Waals surface area contributed by atoms with Gasteiger partial charge in [0.1, 0.15) is 0 Å². The fourth-order valence-corrected chi connectivity index (χ4v) is 4.29. The van der Waals surface area contributed by atoms with Gasteiger partial charge in [0, 0.05) is 37.2 Å². The molecule has 4 aromatic rings. The van der Waals surface area contributed by atoms with E-state index in [-0.39, 0.29) is 5.41 Å². The third-order valence-electron chi connectivity index (χ3n) is 5.89. The molecular formula is C25H26N4O. The van der Waals surface area contributed by atoms with Crippen LogP contribution >= 0.6 is 0 Å². The first-order valence-corrected chi connectivity index (χ1v) is 10.3. The number of hydrogen-bond acceptors (Lipinski definition) is 4. The first-order valence-electron chi connectivity index (χ1n) is 10.3. The topological polar surface area (TPSA) is 47.1 Å². The lowest BCUT2D eigenvalue weighted by Gasteiger charge is -2.28. The molecule has 2 aromatic heterocycles. The fourth-order valence-electron chi connectivity index (χ4n) is 4.29. The van der Waals surface area contributed by atoms with E-state index in [4.69, 9.17) is 14.5 Å². The number of benzene rings is 2. The number of fused-ring (bicyclic) bond motifs is 3. The van der Waals surface area contributed by atoms with Gasteiger partial charge in [-0.1, -0.05) is 32.0 Å². The molecule has 30 heavy (non-hydrogen) atoms. The Labute approximate surface area is 177 Å². The minimum absolute atomic E-state index is 0.146. The normalized spacial score (nSPS) is 14.3. The average molecular weight is 399 g/mol. The van der Waals surface area contributed by atoms with E-state index in [0.29, 0.717) is 5.89 Å². The number of para-hydroxylation sites is 1. The molecule has 0 unspecified atom stereocenters. The fraction of sp³-hybridized carbons (Fsp3) is 0.280. The van der Waals surface area contributed by atoms with Crippen LogP contribution in [0, 0.1) is 6.92 Å². The average Bonchev–Trinajstić information content (AvgIpc) is 3.31. The minimum atomic E-state index is -0.146. The Balaban J connectivity index is 1.66. The SMILES string of the molecule is Cc1nn(-c2ccccc2)c2c1-c1oc(-c3ccc(N(C)C)cc3)nc1C(C)(C)C2. The molecule has 0 N–H and O–H groups in total. The highest BCUT2D eigenvalue weighted by Gasteiger charge is 2.40. The third kappa shape index (κ3) is 2.84. The lowest BCUT2D eigenvalue weighted by Crippen LogP contribution is -2.27. The van der Waals surface area contributed by atoms with Crippen molar-refractivity contribution < 1.29 is 4.42 Å². The monoisotopic (exact) mass is 398 g/mol. The summed E-state index contributed by atoms with van der Waals surface area (Å²) in [4.78, 5) is 7.04. The second kappa shape index (κ2) is 6.59. The highest BCUT2D eigenvalue weighted by Crippen LogP contribution is 2.46. The lowest BCUT2D eigenvalue weighted by atomic mass is 9.77. The molecule has 0 bridgehead atoms. The second-order valence-electron chi connectivity index (χ2n) is 8.85. The zero-order chi connectivity index (χ0) is 21.0. The Morgan fingerprint density at radius 1 is 1.00 bits per heavy atom. The van der Waals surface area contributed by atoms with Crippen molar-refractivity contribution in [2.75, 3.05) is 19.0 Å². The number of anilines is 1. The lowest BCUT2D eigenvalue weighted by molar-refractivity contribution is 0.479. The molecule has 2 aromatic carbocycles. The van der Waals surface area contributed by atoms with Crippen LogP contribution in [-0.4, -0.2) is 28.9 Å². The molecule has 0 saturated carbocycles. The maximum atomic E-state index is 6.41. The molecule has 0 atom stereocenters. The number of aryl methyl sites for hydroxylation is 1. The van der Waals surface area contributed by atoms with Crippen LogP contribution in [-0.2, 0) is 11.8 Å². The van der Waals surface area contributed by atoms with Crippen LogP contribution in [0.15, 0.2) is 59.0 Å². The summed E-state index contributed by atoms with van der Waals surface area (Å²) < 4.78 is 8.47. The smallest absolute Gasteiger partial charge is 0.227 e. The molecule has 0 amide bonds. The molecule has 0 radical (unpaired) electrons. The summed E-state index contributed by atoms with van der Waals surface area (Å²) in [5.41, 5.74) is 7.30. The predicted molar refractivity (Wildman–Crippen MR) is 120 cm³/mol. The summed E-state index contributed by atoms with van der Waals surface area (Å²) in [5, 5.41) is 4.86. The molecule has 5 nitrogen and oxygen atoms in total. The second-order valence-corrected chi connectivity index (χ2v) is 8.85. The van der Waals surface area contributed by atoms with Crippen molar-refractivity contribution in [2.24, 2.45) is 0 Å². The Morgan fingerprint density at radius 2 is 1.70 bits per heavy atom. The van der Waals surface area contributed by atoms with Gasteiger partial charge in [-0.25, -0.2) is 9.67 Å². The van der Waals surface area contributed by atoms with Gasteiger partial charge in [0.25, 0.3) is 0 Å². The van der Waals surface area contributed by atoms with Crippen molar-refractivity contribution in [1.29, 1.82) is 0 Å². The van der Waals surface area contributed by atoms with E-state index in [2.05, 4.69) is 66.8 Å². The standard InChI is InChI=1S/C25H26N4O/c1-16-21-20(29(27-16)19-9-7-6-8-10-19)15-25(2,3)23-22(21)30-24(26-23)17-11-13-18(14-12-17)28(4)5/h6-14H,15H2,1-5H3. The van der Waals surface area contributed by atoms with Crippen molar-refractivity contribution in [3.05, 3.63) is 71.7 Å². The van der Waals surface area contributed by atoms with Crippen LogP contribution in [0.1, 0.15) is 30.9 Å². The van der Waals surface area contributed by atoms with Crippen molar-refractivity contribution in [1.82, 2.24) is 14.8 Å². The Morgan fingerprint density at radius 3 is 2.37 bits per heavy atom. The summed E-state index contributed by atoms with van der Waals surface area (Å²) >= 11 is 0. The van der Waals surface area contributed by atoms with E-state index < -0.39 is 0 Å². The van der Waals surface area contributed by atoms with Crippen LogP contribution in [0.3, 0.4) is 0 Å². The molecule has 0 aliphatic heterocycles. The zero-order valence-electron chi connectivity index (χ0n) is 18.1. The number of oxazole rings is 1. The van der Waals surface area contributed by atoms with Gasteiger partial charge in [-0.2, -0.15) is 5.10 Å². The maximum Gasteiger partial charge on any atom is 0.227 e. The van der Waals surface area contributed by atoms with Gasteiger partial charge in [0.15, 0.2) is 5.76 Å². The molecule has 0 fully saturated rings. The van der Waals surface area contributed by atoms with Crippen LogP contribution < -0.4 is 4.90 Å². The van der Waals surface area contributed by atoms with Crippen LogP contribution in [0.5, 0.6) is 0 Å². The number of hydrogen-bond donors (Lipinski definition) is 0. The molecule has 5 rings (SSSR count). The number of aromatic nitrogens is 3. The van der Waals surface area contributed by atoms with Gasteiger partial charge in [0.2, 0.25) is 5.89 Å². The number of rotatable bonds is 3. The Hall–Kier alpha value is -3.34. The molecule has 1 aliphatic carbocycles. The maximum absolute atomic E-state index is 6.41. The zero-order valence-corrected chi connectivity index (χ0v) is 18.1. The largest absolute Gasteiger partial charge is 0.436 e. The van der Waals surface area contributed by atoms with Gasteiger partial charge in [0.05, 0.1) is 28.3 Å². The van der Waals surface area contributed by atoms with Crippen LogP contribution in [0.4, 0.5) is 5.69 Å². The quantitative estimate of drug-likeness (QED) is 0.463. The summed E-state index contributed by atoms with van der Waals surface area (Å²) in [6, 6.07) is 18.6. The van der Waals surface area contributed by atoms with Crippen molar-refractivity contribution in [2.45, 2.75) is 32.6 Å². The van der Waals surface area contributed by atoms with E-state index in [0.717, 1.165) is 46.1 Å². The highest BCUT2D eigenvalue weighted by atomic mass is 16.4. The molecule has 5 heteroatoms. The molecule has 0 spiro atoms. The first kappa shape index (κ1) is 18.7. The van der Waals surface area contributed by atoms with Crippen LogP contribution in [0.25, 0.3) is 28.5 Å². The summed E-state index contributed by atoms with van der Waals surface area (Å²) in [7, 11) is 4.08. The minimum Gasteiger partial charge on any atom is -0.436 e. The van der Waals surface area contributed by atoms with Gasteiger partial charge in [-0.15, -0.1) is 0 Å². The summed E-state index contributed by atoms with van der Waals surface area (Å²) in [5.74, 6) is 1.52. The summed E-state index contributed by atoms with van der Waals surface area (Å²) in [6.45, 7) is 6.51. The van der Waals surface area contributed by atoms with Crippen LogP contribution in [0.2, 0.25) is 0 Å². The van der Waals surface area contributed by atoms with Crippen molar-refractivity contribution >= 4 is 5.69 Å². The van der Waals surface area contributed by atoms with E-state index in [1.165, 1.54) is 5.69 Å². The number of nitrogens with zero attached hydrogens (tertiary/aromatic N) is 4. The highest BCUT2D eigenvalue weighted by molar-refractivity contribution is 5.73. The molecule has 1 aliphatic rings. The van der Waals surface area contributed by atoms with Crippen molar-refractivity contribution in [3.8, 4) is 28.5 Å². The van der Waals surface area contributed by atoms with E-state index in [1.807, 2.05) is 32.3 Å². The summed E-state index contributed by atoms with van der Waals surface area (Å²) in [6.07, 6.45) is 0.858. The molecule has 152 valence electrons. The predicted octanol–water partition coefficient (Wildman–Crippen LogP) is 5.40. The van der Waals surface area contributed by atoms with Gasteiger partial charge in [-0.3, -0.25) is 0 Å². The van der Waals surface area contributed by atoms with E-state index in [1.54, 1.807) is 0 Å². The molecular weight excluding hydrogens is 372 g/mol. The van der Waals surface area contributed by atoms with Gasteiger partial charge >= 0.3 is 0 Å². The third-order valence-corrected chi connectivity index (χ3v) is 5.89. The van der Waals surface area contributed by atoms with Crippen molar-refractivity contribution in [3.63, 3.8) is 0 Å². The van der Waals surface area contributed by atoms with Gasteiger partial charge in [-0.05, 0) is 43.3 Å². The van der Waals surface area contributed by atoms with E-state index >= 15 is 0 Å². The van der Waals surface area contributed by atoms with Gasteiger partial charge < -0.3 is 9.32 Å². The van der Waals surface area contributed by atoms with E-state index in [9.17, 15) is 0 Å². The Kier molecular flexibility index (Phi) is 4.10. The molecule has 2 heterocycles. The first-order chi connectivity index (χ1) is 14.3.